The molecular weight excluding hydrogens is 248 g/mol. The minimum Gasteiger partial charge on any atom is -0.387 e. The summed E-state index contributed by atoms with van der Waals surface area (Å²) in [5.41, 5.74) is 0.218. The normalized spacial score (nSPS) is 12.8. The van der Waals surface area contributed by atoms with Crippen molar-refractivity contribution in [2.45, 2.75) is 37.6 Å². The quantitative estimate of drug-likeness (QED) is 0.894. The van der Waals surface area contributed by atoms with E-state index in [1.54, 1.807) is 32.3 Å². The molecule has 0 heterocycles. The van der Waals surface area contributed by atoms with E-state index in [4.69, 9.17) is 0 Å². The smallest absolute Gasteiger partial charge is 0.245 e. The summed E-state index contributed by atoms with van der Waals surface area (Å²) in [5, 5.41) is 2.92. The second-order valence-electron chi connectivity index (χ2n) is 4.88. The Labute approximate surface area is 110 Å². The molecule has 102 valence electrons. The molecule has 0 atom stereocenters. The number of nitrogens with zero attached hydrogens (tertiary/aromatic N) is 1. The van der Waals surface area contributed by atoms with E-state index in [1.165, 1.54) is 4.31 Å². The average molecular weight is 270 g/mol. The Bertz CT molecular complexity index is 509. The van der Waals surface area contributed by atoms with Crippen LogP contribution in [0, 0.1) is 0 Å². The molecule has 0 saturated carbocycles. The highest BCUT2D eigenvalue weighted by Crippen LogP contribution is 2.29. The van der Waals surface area contributed by atoms with Gasteiger partial charge in [-0.2, -0.15) is 4.31 Å². The topological polar surface area (TPSA) is 49.4 Å². The minimum absolute atomic E-state index is 0.316. The van der Waals surface area contributed by atoms with Crippen LogP contribution >= 0.6 is 0 Å². The van der Waals surface area contributed by atoms with Crippen LogP contribution in [0.4, 0.5) is 5.69 Å². The van der Waals surface area contributed by atoms with Crippen molar-refractivity contribution in [2.75, 3.05) is 19.4 Å². The third-order valence-electron chi connectivity index (χ3n) is 3.51. The average Bonchev–Trinajstić information content (AvgIpc) is 2.37. The van der Waals surface area contributed by atoms with Crippen LogP contribution in [-0.4, -0.2) is 32.4 Å². The zero-order chi connectivity index (χ0) is 14.0. The van der Waals surface area contributed by atoms with Crippen LogP contribution in [0.2, 0.25) is 0 Å². The van der Waals surface area contributed by atoms with Gasteiger partial charge in [0.2, 0.25) is 10.0 Å². The van der Waals surface area contributed by atoms with Crippen molar-refractivity contribution in [3.63, 3.8) is 0 Å². The summed E-state index contributed by atoms with van der Waals surface area (Å²) >= 11 is 0. The third-order valence-corrected chi connectivity index (χ3v) is 5.64. The molecule has 0 fully saturated rings. The van der Waals surface area contributed by atoms with Crippen molar-refractivity contribution in [1.82, 2.24) is 4.31 Å². The Morgan fingerprint density at radius 3 is 2.33 bits per heavy atom. The first-order valence-electron chi connectivity index (χ1n) is 6.03. The van der Waals surface area contributed by atoms with Gasteiger partial charge in [-0.1, -0.05) is 19.1 Å². The van der Waals surface area contributed by atoms with Crippen molar-refractivity contribution in [2.24, 2.45) is 0 Å². The van der Waals surface area contributed by atoms with Crippen molar-refractivity contribution in [3.8, 4) is 0 Å². The maximum Gasteiger partial charge on any atom is 0.245 e. The molecule has 1 aromatic carbocycles. The number of sulfonamides is 1. The van der Waals surface area contributed by atoms with Crippen molar-refractivity contribution in [3.05, 3.63) is 24.3 Å². The Balaban J connectivity index is 3.30. The van der Waals surface area contributed by atoms with Crippen LogP contribution in [0.5, 0.6) is 0 Å². The molecule has 0 aliphatic carbocycles. The highest BCUT2D eigenvalue weighted by atomic mass is 32.2. The molecule has 0 radical (unpaired) electrons. The number of benzene rings is 1. The largest absolute Gasteiger partial charge is 0.387 e. The second kappa shape index (κ2) is 5.28. The fourth-order valence-corrected chi connectivity index (χ4v) is 3.37. The monoisotopic (exact) mass is 270 g/mol. The van der Waals surface area contributed by atoms with Crippen molar-refractivity contribution >= 4 is 15.7 Å². The van der Waals surface area contributed by atoms with Crippen LogP contribution < -0.4 is 5.32 Å². The van der Waals surface area contributed by atoms with Crippen LogP contribution in [0.15, 0.2) is 29.2 Å². The lowest BCUT2D eigenvalue weighted by Gasteiger charge is -2.34. The maximum atomic E-state index is 12.6. The molecule has 0 spiro atoms. The van der Waals surface area contributed by atoms with Gasteiger partial charge in [-0.25, -0.2) is 8.42 Å². The molecular formula is C13H22N2O2S. The number of rotatable bonds is 5. The summed E-state index contributed by atoms with van der Waals surface area (Å²) in [6, 6.07) is 6.94. The van der Waals surface area contributed by atoms with Crippen LogP contribution in [0.3, 0.4) is 0 Å². The summed E-state index contributed by atoms with van der Waals surface area (Å²) in [5.74, 6) is 0. The highest BCUT2D eigenvalue weighted by molar-refractivity contribution is 7.89. The van der Waals surface area contributed by atoms with E-state index in [2.05, 4.69) is 5.32 Å². The Kier molecular flexibility index (Phi) is 4.40. The fraction of sp³-hybridized carbons (Fsp3) is 0.538. The highest BCUT2D eigenvalue weighted by Gasteiger charge is 2.33. The number of para-hydroxylation sites is 1. The number of nitrogens with one attached hydrogen (secondary N) is 1. The van der Waals surface area contributed by atoms with Gasteiger partial charge in [-0.15, -0.1) is 0 Å². The van der Waals surface area contributed by atoms with Crippen molar-refractivity contribution < 1.29 is 8.42 Å². The van der Waals surface area contributed by atoms with E-state index in [-0.39, 0.29) is 0 Å². The minimum atomic E-state index is -3.48. The van der Waals surface area contributed by atoms with Gasteiger partial charge in [0, 0.05) is 19.6 Å². The number of hydrogen-bond donors (Lipinski definition) is 1. The molecule has 0 aliphatic rings. The standard InChI is InChI=1S/C13H22N2O2S/c1-6-13(2,3)15(5)18(16,17)12-10-8-7-9-11(12)14-4/h7-10,14H,6H2,1-5H3. The van der Waals surface area contributed by atoms with Gasteiger partial charge in [-0.3, -0.25) is 0 Å². The fourth-order valence-electron chi connectivity index (χ4n) is 1.59. The maximum absolute atomic E-state index is 12.6. The lowest BCUT2D eigenvalue weighted by atomic mass is 10.0. The van der Waals surface area contributed by atoms with Gasteiger partial charge in [0.25, 0.3) is 0 Å². The van der Waals surface area contributed by atoms with E-state index in [9.17, 15) is 8.42 Å². The first-order chi connectivity index (χ1) is 8.27. The van der Waals surface area contributed by atoms with Crippen molar-refractivity contribution in [1.29, 1.82) is 0 Å². The van der Waals surface area contributed by atoms with E-state index >= 15 is 0 Å². The molecule has 4 nitrogen and oxygen atoms in total. The lowest BCUT2D eigenvalue weighted by Crippen LogP contribution is -2.44. The van der Waals surface area contributed by atoms with E-state index in [1.807, 2.05) is 26.8 Å². The van der Waals surface area contributed by atoms with Crippen LogP contribution in [0.1, 0.15) is 27.2 Å². The van der Waals surface area contributed by atoms with E-state index in [0.717, 1.165) is 6.42 Å². The molecule has 5 heteroatoms. The summed E-state index contributed by atoms with van der Waals surface area (Å²) in [6.07, 6.45) is 0.754. The first kappa shape index (κ1) is 15.0. The number of hydrogen-bond acceptors (Lipinski definition) is 3. The molecule has 1 rings (SSSR count). The molecule has 18 heavy (non-hydrogen) atoms. The van der Waals surface area contributed by atoms with Gasteiger partial charge in [0.1, 0.15) is 4.90 Å². The van der Waals surface area contributed by atoms with Gasteiger partial charge < -0.3 is 5.32 Å². The molecule has 0 bridgehead atoms. The van der Waals surface area contributed by atoms with Crippen LogP contribution in [-0.2, 0) is 10.0 Å². The van der Waals surface area contributed by atoms with E-state index in [0.29, 0.717) is 10.6 Å². The SMILES string of the molecule is CCC(C)(C)N(C)S(=O)(=O)c1ccccc1NC. The molecule has 1 N–H and O–H groups in total. The first-order valence-corrected chi connectivity index (χ1v) is 7.47. The summed E-state index contributed by atoms with van der Waals surface area (Å²) in [6.45, 7) is 5.83. The molecule has 0 amide bonds. The lowest BCUT2D eigenvalue weighted by molar-refractivity contribution is 0.257. The summed E-state index contributed by atoms with van der Waals surface area (Å²) in [4.78, 5) is 0.316. The second-order valence-corrected chi connectivity index (χ2v) is 6.82. The number of anilines is 1. The molecule has 0 saturated heterocycles. The Morgan fingerprint density at radius 2 is 1.83 bits per heavy atom. The molecule has 0 aromatic heterocycles. The summed E-state index contributed by atoms with van der Waals surface area (Å²) < 4.78 is 26.6. The zero-order valence-electron chi connectivity index (χ0n) is 11.7. The predicted octanol–water partition coefficient (Wildman–Crippen LogP) is 2.54. The Hall–Kier alpha value is -1.07. The summed E-state index contributed by atoms with van der Waals surface area (Å²) in [7, 11) is -0.129. The van der Waals surface area contributed by atoms with Crippen LogP contribution in [0.25, 0.3) is 0 Å². The Morgan fingerprint density at radius 1 is 1.28 bits per heavy atom. The molecule has 1 aromatic rings. The van der Waals surface area contributed by atoms with E-state index < -0.39 is 15.6 Å². The zero-order valence-corrected chi connectivity index (χ0v) is 12.5. The molecule has 0 aliphatic heterocycles. The van der Waals surface area contributed by atoms with Gasteiger partial charge in [0.05, 0.1) is 5.69 Å². The molecule has 0 unspecified atom stereocenters. The van der Waals surface area contributed by atoms with Gasteiger partial charge >= 0.3 is 0 Å². The van der Waals surface area contributed by atoms with Gasteiger partial charge in [-0.05, 0) is 32.4 Å². The predicted molar refractivity (Wildman–Crippen MR) is 75.3 cm³/mol. The van der Waals surface area contributed by atoms with Gasteiger partial charge in [0.15, 0.2) is 0 Å². The third kappa shape index (κ3) is 2.67.